The highest BCUT2D eigenvalue weighted by atomic mass is 16.3. The van der Waals surface area contributed by atoms with Crippen LogP contribution in [0.1, 0.15) is 85.0 Å². The molecule has 23 heavy (non-hydrogen) atoms. The summed E-state index contributed by atoms with van der Waals surface area (Å²) >= 11 is 0. The summed E-state index contributed by atoms with van der Waals surface area (Å²) in [6.45, 7) is 6.70. The lowest BCUT2D eigenvalue weighted by Gasteiger charge is -2.61. The van der Waals surface area contributed by atoms with Crippen LogP contribution in [-0.2, 0) is 0 Å². The second kappa shape index (κ2) is 5.21. The van der Waals surface area contributed by atoms with Gasteiger partial charge in [0.05, 0.1) is 11.7 Å². The zero-order chi connectivity index (χ0) is 16.5. The lowest BCUT2D eigenvalue weighted by atomic mass is 9.44. The fourth-order valence-corrected chi connectivity index (χ4v) is 8.03. The topological polar surface area (TPSA) is 40.5 Å². The normalized spacial score (nSPS) is 57.3. The number of hydrogen-bond acceptors (Lipinski definition) is 2. The maximum absolute atomic E-state index is 11.3. The van der Waals surface area contributed by atoms with Gasteiger partial charge in [-0.2, -0.15) is 0 Å². The number of fused-ring (bicyclic) bond motifs is 5. The Hall–Kier alpha value is -0.0800. The van der Waals surface area contributed by atoms with Gasteiger partial charge in [0.25, 0.3) is 0 Å². The van der Waals surface area contributed by atoms with Crippen molar-refractivity contribution in [1.29, 1.82) is 0 Å². The van der Waals surface area contributed by atoms with Gasteiger partial charge in [0.15, 0.2) is 0 Å². The molecule has 8 atom stereocenters. The minimum Gasteiger partial charge on any atom is -0.390 e. The van der Waals surface area contributed by atoms with E-state index in [1.165, 1.54) is 44.9 Å². The van der Waals surface area contributed by atoms with Crippen LogP contribution in [0.4, 0.5) is 0 Å². The maximum atomic E-state index is 11.3. The van der Waals surface area contributed by atoms with Crippen molar-refractivity contribution in [3.8, 4) is 0 Å². The highest BCUT2D eigenvalue weighted by Crippen LogP contribution is 2.68. The first-order chi connectivity index (χ1) is 10.8. The van der Waals surface area contributed by atoms with Crippen LogP contribution in [0, 0.1) is 34.5 Å². The van der Waals surface area contributed by atoms with Crippen LogP contribution in [-0.4, -0.2) is 21.9 Å². The first-order valence-electron chi connectivity index (χ1n) is 10.2. The smallest absolute Gasteiger partial charge is 0.0958 e. The lowest BCUT2D eigenvalue weighted by Crippen LogP contribution is -2.58. The van der Waals surface area contributed by atoms with Crippen LogP contribution in [0.3, 0.4) is 0 Å². The molecule has 4 rings (SSSR count). The van der Waals surface area contributed by atoms with Gasteiger partial charge in [-0.05, 0) is 87.4 Å². The molecule has 4 fully saturated rings. The molecular formula is C21H36O2. The highest BCUT2D eigenvalue weighted by molar-refractivity contribution is 5.15. The van der Waals surface area contributed by atoms with Crippen molar-refractivity contribution < 1.29 is 10.2 Å². The number of aliphatic hydroxyl groups excluding tert-OH is 1. The van der Waals surface area contributed by atoms with Crippen molar-refractivity contribution in [3.63, 3.8) is 0 Å². The van der Waals surface area contributed by atoms with Crippen molar-refractivity contribution in [2.75, 3.05) is 0 Å². The summed E-state index contributed by atoms with van der Waals surface area (Å²) in [6.07, 6.45) is 12.3. The molecular weight excluding hydrogens is 284 g/mol. The molecule has 4 aliphatic rings. The third-order valence-corrected chi connectivity index (χ3v) is 9.49. The molecule has 0 bridgehead atoms. The SMILES string of the molecule is C[C@H](O)[C@@]1(O)CC[C@@H]2[C@@H]3CC[C@H]4CCCC[C@]4(C)[C@H]3CC[C@]21C. The van der Waals surface area contributed by atoms with Crippen LogP contribution in [0.15, 0.2) is 0 Å². The van der Waals surface area contributed by atoms with Gasteiger partial charge >= 0.3 is 0 Å². The molecule has 0 radical (unpaired) electrons. The first-order valence-corrected chi connectivity index (χ1v) is 10.2. The lowest BCUT2D eigenvalue weighted by molar-refractivity contribution is -0.183. The Labute approximate surface area is 142 Å². The minimum atomic E-state index is -0.854. The van der Waals surface area contributed by atoms with Gasteiger partial charge in [0, 0.05) is 5.41 Å². The van der Waals surface area contributed by atoms with E-state index in [1.807, 2.05) is 0 Å². The van der Waals surface area contributed by atoms with E-state index in [9.17, 15) is 10.2 Å². The summed E-state index contributed by atoms with van der Waals surface area (Å²) in [6, 6.07) is 0. The molecule has 0 aliphatic heterocycles. The van der Waals surface area contributed by atoms with Crippen molar-refractivity contribution in [2.45, 2.75) is 96.7 Å². The molecule has 0 spiro atoms. The van der Waals surface area contributed by atoms with Gasteiger partial charge in [0.1, 0.15) is 0 Å². The Bertz CT molecular complexity index is 474. The summed E-state index contributed by atoms with van der Waals surface area (Å²) in [4.78, 5) is 0. The van der Waals surface area contributed by atoms with Crippen molar-refractivity contribution >= 4 is 0 Å². The summed E-state index contributed by atoms with van der Waals surface area (Å²) in [5.74, 6) is 3.25. The molecule has 132 valence electrons. The van der Waals surface area contributed by atoms with Crippen LogP contribution in [0.5, 0.6) is 0 Å². The third kappa shape index (κ3) is 2.00. The van der Waals surface area contributed by atoms with Crippen LogP contribution in [0.2, 0.25) is 0 Å². The fraction of sp³-hybridized carbons (Fsp3) is 1.00. The predicted molar refractivity (Wildman–Crippen MR) is 93.0 cm³/mol. The standard InChI is InChI=1S/C21H36O2/c1-14(22)21(23)13-10-18-16-8-7-15-6-4-5-11-19(15,2)17(16)9-12-20(18,21)3/h14-18,22-23H,4-13H2,1-3H3/t14-,15+,16+,17-,18+,19-,20+,21-/m0/s1. The number of aliphatic hydroxyl groups is 2. The minimum absolute atomic E-state index is 0.0692. The molecule has 0 heterocycles. The van der Waals surface area contributed by atoms with E-state index in [0.29, 0.717) is 11.3 Å². The summed E-state index contributed by atoms with van der Waals surface area (Å²) in [5, 5.41) is 21.6. The Kier molecular flexibility index (Phi) is 3.71. The molecule has 2 heteroatoms. The van der Waals surface area contributed by atoms with E-state index in [0.717, 1.165) is 37.0 Å². The van der Waals surface area contributed by atoms with Crippen molar-refractivity contribution in [3.05, 3.63) is 0 Å². The van der Waals surface area contributed by atoms with E-state index in [-0.39, 0.29) is 5.41 Å². The average molecular weight is 321 g/mol. The van der Waals surface area contributed by atoms with E-state index in [4.69, 9.17) is 0 Å². The summed E-state index contributed by atoms with van der Waals surface area (Å²) in [7, 11) is 0. The van der Waals surface area contributed by atoms with Gasteiger partial charge in [-0.25, -0.2) is 0 Å². The van der Waals surface area contributed by atoms with Gasteiger partial charge in [0.2, 0.25) is 0 Å². The molecule has 4 aliphatic carbocycles. The molecule has 0 saturated heterocycles. The van der Waals surface area contributed by atoms with E-state index in [1.54, 1.807) is 6.92 Å². The Morgan fingerprint density at radius 2 is 1.61 bits per heavy atom. The van der Waals surface area contributed by atoms with Crippen molar-refractivity contribution in [2.24, 2.45) is 34.5 Å². The molecule has 4 saturated carbocycles. The molecule has 2 N–H and O–H groups in total. The van der Waals surface area contributed by atoms with Crippen LogP contribution >= 0.6 is 0 Å². The number of rotatable bonds is 1. The Balaban J connectivity index is 1.65. The van der Waals surface area contributed by atoms with E-state index in [2.05, 4.69) is 13.8 Å². The predicted octanol–water partition coefficient (Wildman–Crippen LogP) is 4.53. The quantitative estimate of drug-likeness (QED) is 0.745. The molecule has 2 nitrogen and oxygen atoms in total. The molecule has 0 unspecified atom stereocenters. The van der Waals surface area contributed by atoms with Crippen molar-refractivity contribution in [1.82, 2.24) is 0 Å². The van der Waals surface area contributed by atoms with Crippen LogP contribution in [0.25, 0.3) is 0 Å². The second-order valence-electron chi connectivity index (χ2n) is 10.00. The fourth-order valence-electron chi connectivity index (χ4n) is 8.03. The summed E-state index contributed by atoms with van der Waals surface area (Å²) in [5.41, 5.74) is -0.360. The monoisotopic (exact) mass is 320 g/mol. The largest absolute Gasteiger partial charge is 0.390 e. The molecule has 0 aromatic heterocycles. The zero-order valence-electron chi connectivity index (χ0n) is 15.4. The average Bonchev–Trinajstić information content (AvgIpc) is 2.80. The van der Waals surface area contributed by atoms with E-state index >= 15 is 0 Å². The van der Waals surface area contributed by atoms with E-state index < -0.39 is 11.7 Å². The summed E-state index contributed by atoms with van der Waals surface area (Å²) < 4.78 is 0. The van der Waals surface area contributed by atoms with Gasteiger partial charge in [-0.15, -0.1) is 0 Å². The number of hydrogen-bond donors (Lipinski definition) is 2. The zero-order valence-corrected chi connectivity index (χ0v) is 15.4. The highest BCUT2D eigenvalue weighted by Gasteiger charge is 2.65. The van der Waals surface area contributed by atoms with Gasteiger partial charge in [-0.1, -0.05) is 26.7 Å². The second-order valence-corrected chi connectivity index (χ2v) is 10.00. The molecule has 0 aromatic rings. The molecule has 0 amide bonds. The van der Waals surface area contributed by atoms with Gasteiger partial charge < -0.3 is 10.2 Å². The van der Waals surface area contributed by atoms with Gasteiger partial charge in [-0.3, -0.25) is 0 Å². The molecule has 0 aromatic carbocycles. The Morgan fingerprint density at radius 1 is 0.870 bits per heavy atom. The van der Waals surface area contributed by atoms with Crippen LogP contribution < -0.4 is 0 Å². The first kappa shape index (κ1) is 16.4. The maximum Gasteiger partial charge on any atom is 0.0958 e. The third-order valence-electron chi connectivity index (χ3n) is 9.49. The Morgan fingerprint density at radius 3 is 2.35 bits per heavy atom.